The molecule has 1 aromatic heterocycles. The van der Waals surface area contributed by atoms with Gasteiger partial charge in [0.15, 0.2) is 0 Å². The highest BCUT2D eigenvalue weighted by atomic mass is 35.5. The molecular formula is C27H20Cl2FN5O. The van der Waals surface area contributed by atoms with Crippen molar-refractivity contribution in [2.24, 2.45) is 4.99 Å². The number of fused-ring (bicyclic) bond motifs is 2. The molecule has 0 radical (unpaired) electrons. The minimum Gasteiger partial charge on any atom is -0.480 e. The fourth-order valence-corrected chi connectivity index (χ4v) is 4.46. The average molecular weight is 520 g/mol. The molecule has 6 rings (SSSR count). The Labute approximate surface area is 216 Å². The summed E-state index contributed by atoms with van der Waals surface area (Å²) in [7, 11) is 1.58. The Bertz CT molecular complexity index is 1660. The molecule has 1 N–H and O–H groups in total. The summed E-state index contributed by atoms with van der Waals surface area (Å²) in [6.45, 7) is 0. The number of aromatic nitrogens is 3. The topological polar surface area (TPSA) is 64.3 Å². The highest BCUT2D eigenvalue weighted by Crippen LogP contribution is 2.34. The number of anilines is 2. The van der Waals surface area contributed by atoms with Crippen LogP contribution in [-0.2, 0) is 0 Å². The first-order chi connectivity index (χ1) is 17.5. The lowest BCUT2D eigenvalue weighted by atomic mass is 10.1. The van der Waals surface area contributed by atoms with Gasteiger partial charge in [-0.25, -0.2) is 14.4 Å². The molecule has 0 spiro atoms. The maximum Gasteiger partial charge on any atom is 0.237 e. The van der Waals surface area contributed by atoms with Crippen molar-refractivity contribution in [3.05, 3.63) is 88.1 Å². The van der Waals surface area contributed by atoms with E-state index in [9.17, 15) is 4.39 Å². The Morgan fingerprint density at radius 3 is 2.67 bits per heavy atom. The van der Waals surface area contributed by atoms with Crippen LogP contribution < -0.4 is 15.4 Å². The van der Waals surface area contributed by atoms with Crippen molar-refractivity contribution in [3.8, 4) is 23.0 Å². The standard InChI is InChI=1S/C27H20Cl2FN5O/c1-36-27-21(3-2-10-31-27)34-22-13-24-26(14-23(22)32-16-5-6-16)35(17-7-8-18(28)19(29)12-17)25-11-15(30)4-9-20(25)33-24/h2-4,7-14,16,34H,5-6H2,1H3. The number of hydrogen-bond acceptors (Lipinski definition) is 5. The molecule has 0 bridgehead atoms. The molecule has 1 fully saturated rings. The van der Waals surface area contributed by atoms with E-state index in [0.717, 1.165) is 35.3 Å². The van der Waals surface area contributed by atoms with Gasteiger partial charge in [0, 0.05) is 18.0 Å². The van der Waals surface area contributed by atoms with Crippen molar-refractivity contribution in [2.45, 2.75) is 18.9 Å². The predicted molar refractivity (Wildman–Crippen MR) is 140 cm³/mol. The molecule has 2 aromatic carbocycles. The summed E-state index contributed by atoms with van der Waals surface area (Å²) in [5, 5.41) is 5.03. The molecule has 2 heterocycles. The lowest BCUT2D eigenvalue weighted by Crippen LogP contribution is -2.16. The lowest BCUT2D eigenvalue weighted by Gasteiger charge is -2.21. The van der Waals surface area contributed by atoms with Crippen LogP contribution in [0.25, 0.3) is 28.1 Å². The SMILES string of the molecule is COc1ncccc1Nc1cc2nc3ccc(F)cc3n(-c3ccc(Cl)c(Cl)c3)c-2cc1=NC1CC1. The zero-order valence-corrected chi connectivity index (χ0v) is 20.7. The minimum absolute atomic E-state index is 0.267. The third kappa shape index (κ3) is 4.25. The summed E-state index contributed by atoms with van der Waals surface area (Å²) in [6.07, 6.45) is 3.76. The van der Waals surface area contributed by atoms with Gasteiger partial charge in [0.2, 0.25) is 5.88 Å². The maximum atomic E-state index is 14.4. The van der Waals surface area contributed by atoms with Gasteiger partial charge in [-0.2, -0.15) is 0 Å². The maximum absolute atomic E-state index is 14.4. The monoisotopic (exact) mass is 519 g/mol. The first-order valence-electron chi connectivity index (χ1n) is 11.4. The first kappa shape index (κ1) is 22.8. The Kier molecular flexibility index (Phi) is 5.74. The molecule has 180 valence electrons. The van der Waals surface area contributed by atoms with E-state index in [1.807, 2.05) is 34.9 Å². The normalized spacial score (nSPS) is 13.9. The largest absolute Gasteiger partial charge is 0.480 e. The van der Waals surface area contributed by atoms with Gasteiger partial charge in [-0.05, 0) is 67.4 Å². The highest BCUT2D eigenvalue weighted by molar-refractivity contribution is 6.42. The molecule has 0 amide bonds. The number of nitrogens with zero attached hydrogens (tertiary/aromatic N) is 4. The summed E-state index contributed by atoms with van der Waals surface area (Å²) >= 11 is 12.6. The van der Waals surface area contributed by atoms with Crippen LogP contribution in [0.1, 0.15) is 12.8 Å². The van der Waals surface area contributed by atoms with E-state index in [1.54, 1.807) is 31.5 Å². The summed E-state index contributed by atoms with van der Waals surface area (Å²) in [5.41, 5.74) is 4.91. The molecule has 0 atom stereocenters. The van der Waals surface area contributed by atoms with Gasteiger partial charge < -0.3 is 14.6 Å². The van der Waals surface area contributed by atoms with Crippen LogP contribution in [0.4, 0.5) is 15.8 Å². The van der Waals surface area contributed by atoms with Crippen molar-refractivity contribution in [1.29, 1.82) is 0 Å². The molecule has 3 aromatic rings. The smallest absolute Gasteiger partial charge is 0.237 e. The molecule has 1 aliphatic heterocycles. The number of hydrogen-bond donors (Lipinski definition) is 1. The molecule has 0 unspecified atom stereocenters. The summed E-state index contributed by atoms with van der Waals surface area (Å²) in [5.74, 6) is 0.116. The zero-order valence-electron chi connectivity index (χ0n) is 19.2. The second-order valence-electron chi connectivity index (χ2n) is 8.58. The highest BCUT2D eigenvalue weighted by Gasteiger charge is 2.22. The fraction of sp³-hybridized carbons (Fsp3) is 0.148. The van der Waals surface area contributed by atoms with E-state index in [4.69, 9.17) is 37.9 Å². The Morgan fingerprint density at radius 1 is 1.03 bits per heavy atom. The second-order valence-corrected chi connectivity index (χ2v) is 9.40. The molecule has 2 aliphatic carbocycles. The van der Waals surface area contributed by atoms with Gasteiger partial charge in [-0.3, -0.25) is 4.99 Å². The molecule has 0 saturated heterocycles. The quantitative estimate of drug-likeness (QED) is 0.259. The molecule has 9 heteroatoms. The molecule has 1 saturated carbocycles. The minimum atomic E-state index is -0.359. The van der Waals surface area contributed by atoms with Crippen molar-refractivity contribution in [2.75, 3.05) is 12.4 Å². The van der Waals surface area contributed by atoms with Crippen LogP contribution in [0.5, 0.6) is 5.88 Å². The van der Waals surface area contributed by atoms with E-state index >= 15 is 0 Å². The van der Waals surface area contributed by atoms with Crippen LogP contribution in [0.15, 0.2) is 71.9 Å². The summed E-state index contributed by atoms with van der Waals surface area (Å²) in [6, 6.07) is 17.8. The van der Waals surface area contributed by atoms with Crippen molar-refractivity contribution < 1.29 is 9.13 Å². The Balaban J connectivity index is 1.65. The Hall–Kier alpha value is -3.68. The third-order valence-corrected chi connectivity index (χ3v) is 6.76. The van der Waals surface area contributed by atoms with Gasteiger partial charge in [-0.15, -0.1) is 0 Å². The van der Waals surface area contributed by atoms with E-state index < -0.39 is 0 Å². The third-order valence-electron chi connectivity index (χ3n) is 6.02. The number of halogens is 3. The lowest BCUT2D eigenvalue weighted by molar-refractivity contribution is 0.400. The van der Waals surface area contributed by atoms with Gasteiger partial charge in [0.1, 0.15) is 11.5 Å². The molecular weight excluding hydrogens is 500 g/mol. The number of ether oxygens (including phenoxy) is 1. The number of benzene rings is 3. The van der Waals surface area contributed by atoms with Crippen LogP contribution >= 0.6 is 23.2 Å². The summed E-state index contributed by atoms with van der Waals surface area (Å²) < 4.78 is 21.7. The van der Waals surface area contributed by atoms with Crippen molar-refractivity contribution in [1.82, 2.24) is 14.5 Å². The first-order valence-corrected chi connectivity index (χ1v) is 12.2. The van der Waals surface area contributed by atoms with Crippen LogP contribution in [-0.4, -0.2) is 27.7 Å². The average Bonchev–Trinajstić information content (AvgIpc) is 3.69. The van der Waals surface area contributed by atoms with E-state index in [2.05, 4.69) is 10.3 Å². The number of nitrogens with one attached hydrogen (secondary N) is 1. The predicted octanol–water partition coefficient (Wildman–Crippen LogP) is 6.79. The van der Waals surface area contributed by atoms with Crippen LogP contribution in [0.3, 0.4) is 0 Å². The molecule has 6 nitrogen and oxygen atoms in total. The number of rotatable bonds is 5. The van der Waals surface area contributed by atoms with E-state index in [1.165, 1.54) is 12.1 Å². The fourth-order valence-electron chi connectivity index (χ4n) is 4.17. The summed E-state index contributed by atoms with van der Waals surface area (Å²) in [4.78, 5) is 14.1. The van der Waals surface area contributed by atoms with Crippen LogP contribution in [0.2, 0.25) is 10.0 Å². The van der Waals surface area contributed by atoms with Gasteiger partial charge in [0.25, 0.3) is 0 Å². The second kappa shape index (κ2) is 9.08. The number of methoxy groups -OCH3 is 1. The van der Waals surface area contributed by atoms with E-state index in [0.29, 0.717) is 38.3 Å². The van der Waals surface area contributed by atoms with Gasteiger partial charge >= 0.3 is 0 Å². The molecule has 3 aliphatic rings. The number of pyridine rings is 1. The van der Waals surface area contributed by atoms with Gasteiger partial charge in [-0.1, -0.05) is 23.2 Å². The zero-order chi connectivity index (χ0) is 24.8. The Morgan fingerprint density at radius 2 is 1.89 bits per heavy atom. The molecule has 36 heavy (non-hydrogen) atoms. The van der Waals surface area contributed by atoms with Crippen molar-refractivity contribution >= 4 is 45.6 Å². The van der Waals surface area contributed by atoms with Crippen LogP contribution in [0, 0.1) is 5.82 Å². The van der Waals surface area contributed by atoms with E-state index in [-0.39, 0.29) is 11.9 Å². The van der Waals surface area contributed by atoms with Gasteiger partial charge in [0.05, 0.1) is 56.7 Å². The van der Waals surface area contributed by atoms with Crippen molar-refractivity contribution in [3.63, 3.8) is 0 Å².